The second kappa shape index (κ2) is 8.70. The SMILES string of the molecule is C[SiH](C)[Si]([C](C1C=CC=C1)C1C=CC=C1)([SiH](C)C)[SiH](C)C.[Zr]. The number of hydrogen-bond acceptors (Lipinski definition) is 0. The summed E-state index contributed by atoms with van der Waals surface area (Å²) in [6.45, 7) is 14.9. The average molecular weight is 439 g/mol. The molecule has 5 heteroatoms. The summed E-state index contributed by atoms with van der Waals surface area (Å²) < 4.78 is 0. The van der Waals surface area contributed by atoms with Crippen molar-refractivity contribution in [2.24, 2.45) is 11.8 Å². The van der Waals surface area contributed by atoms with Crippen LogP contribution in [0.4, 0.5) is 0 Å². The number of rotatable bonds is 6. The van der Waals surface area contributed by atoms with Gasteiger partial charge in [-0.05, 0) is 17.4 Å². The molecule has 1 radical (unpaired) electrons. The van der Waals surface area contributed by atoms with Crippen molar-refractivity contribution < 1.29 is 26.2 Å². The first-order valence-electron chi connectivity index (χ1n) is 8.49. The molecule has 2 aliphatic rings. The van der Waals surface area contributed by atoms with E-state index in [1.807, 2.05) is 5.54 Å². The Hall–Kier alpha value is 0.711. The molecule has 0 amide bonds. The molecule has 0 aromatic heterocycles. The fourth-order valence-electron chi connectivity index (χ4n) is 5.08. The monoisotopic (exact) mass is 437 g/mol. The van der Waals surface area contributed by atoms with Crippen molar-refractivity contribution in [3.05, 3.63) is 54.1 Å². The molecule has 0 aromatic carbocycles. The van der Waals surface area contributed by atoms with Crippen molar-refractivity contribution in [3.63, 3.8) is 0 Å². The third kappa shape index (κ3) is 3.69. The maximum Gasteiger partial charge on any atom is 0.0366 e. The van der Waals surface area contributed by atoms with E-state index in [2.05, 4.69) is 87.9 Å². The zero-order valence-corrected chi connectivity index (χ0v) is 21.9. The van der Waals surface area contributed by atoms with Crippen LogP contribution in [-0.2, 0) is 26.2 Å². The van der Waals surface area contributed by atoms with Crippen LogP contribution in [0.5, 0.6) is 0 Å². The smallest absolute Gasteiger partial charge is 0.0366 e. The van der Waals surface area contributed by atoms with Gasteiger partial charge in [0.05, 0.1) is 0 Å². The number of allylic oxidation sites excluding steroid dienone is 8. The maximum atomic E-state index is 2.68. The van der Waals surface area contributed by atoms with E-state index < -0.39 is 31.6 Å². The van der Waals surface area contributed by atoms with E-state index in [0.29, 0.717) is 11.8 Å². The molecule has 0 atom stereocenters. The van der Waals surface area contributed by atoms with Crippen molar-refractivity contribution in [1.29, 1.82) is 0 Å². The Balaban J connectivity index is 0.00000242. The molecular formula is C17H31Si4Zr. The van der Waals surface area contributed by atoms with E-state index in [1.165, 1.54) is 0 Å². The summed E-state index contributed by atoms with van der Waals surface area (Å²) >= 11 is 0. The van der Waals surface area contributed by atoms with Crippen LogP contribution >= 0.6 is 0 Å². The van der Waals surface area contributed by atoms with Crippen LogP contribution in [0.2, 0.25) is 39.3 Å². The molecular weight excluding hydrogens is 408 g/mol. The Morgan fingerprint density at radius 1 is 0.636 bits per heavy atom. The van der Waals surface area contributed by atoms with Crippen molar-refractivity contribution in [1.82, 2.24) is 0 Å². The molecule has 2 rings (SSSR count). The molecule has 0 fully saturated rings. The van der Waals surface area contributed by atoms with Crippen LogP contribution < -0.4 is 0 Å². The molecule has 0 spiro atoms. The minimum absolute atomic E-state index is 0. The summed E-state index contributed by atoms with van der Waals surface area (Å²) in [7, 11) is -1.85. The molecule has 0 aromatic rings. The third-order valence-corrected chi connectivity index (χ3v) is 69.2. The van der Waals surface area contributed by atoms with Gasteiger partial charge in [-0.3, -0.25) is 0 Å². The van der Waals surface area contributed by atoms with E-state index in [-0.39, 0.29) is 26.2 Å². The minimum Gasteiger partial charge on any atom is -0.0773 e. The van der Waals surface area contributed by atoms with Gasteiger partial charge in [-0.25, -0.2) is 0 Å². The number of hydrogen-bond donors (Lipinski definition) is 0. The summed E-state index contributed by atoms with van der Waals surface area (Å²) in [5.74, 6) is 1.29. The summed E-state index contributed by atoms with van der Waals surface area (Å²) in [5, 5.41) is 0. The second-order valence-electron chi connectivity index (χ2n) is 7.44. The first-order valence-corrected chi connectivity index (χ1v) is 22.8. The third-order valence-electron chi connectivity index (χ3n) is 5.58. The van der Waals surface area contributed by atoms with Gasteiger partial charge in [-0.15, -0.1) is 0 Å². The Kier molecular flexibility index (Phi) is 8.21. The first kappa shape index (κ1) is 20.8. The van der Waals surface area contributed by atoms with Crippen molar-refractivity contribution in [2.45, 2.75) is 39.3 Å². The Labute approximate surface area is 162 Å². The fourth-order valence-corrected chi connectivity index (χ4v) is 70.1. The van der Waals surface area contributed by atoms with Gasteiger partial charge in [0.15, 0.2) is 0 Å². The van der Waals surface area contributed by atoms with Crippen molar-refractivity contribution >= 4 is 31.6 Å². The molecule has 0 aliphatic heterocycles. The molecule has 22 heavy (non-hydrogen) atoms. The van der Waals surface area contributed by atoms with Gasteiger partial charge in [0, 0.05) is 57.8 Å². The zero-order valence-electron chi connectivity index (χ0n) is 15.0. The van der Waals surface area contributed by atoms with Gasteiger partial charge in [-0.2, -0.15) is 0 Å². The molecule has 0 saturated heterocycles. The minimum atomic E-state index is -1.16. The molecule has 0 saturated carbocycles. The standard InChI is InChI=1S/C17H31Si4.Zr/c1-18(2)21(19(3)4,20(5)6)17(15-11-7-8-12-15)16-13-9-10-14-16;/h7-16,18-20H,1-6H3;. The normalized spacial score (nSPS) is 18.6. The van der Waals surface area contributed by atoms with Gasteiger partial charge < -0.3 is 0 Å². The van der Waals surface area contributed by atoms with Crippen molar-refractivity contribution in [3.8, 4) is 0 Å². The predicted molar refractivity (Wildman–Crippen MR) is 109 cm³/mol. The molecule has 0 heterocycles. The van der Waals surface area contributed by atoms with E-state index in [0.717, 1.165) is 0 Å². The Bertz CT molecular complexity index is 403. The van der Waals surface area contributed by atoms with E-state index >= 15 is 0 Å². The summed E-state index contributed by atoms with van der Waals surface area (Å²) in [6, 6.07) is 0. The summed E-state index contributed by atoms with van der Waals surface area (Å²) in [5.41, 5.74) is 2.02. The first-order chi connectivity index (χ1) is 9.92. The topological polar surface area (TPSA) is 0 Å². The van der Waals surface area contributed by atoms with Crippen LogP contribution in [0.15, 0.2) is 48.6 Å². The van der Waals surface area contributed by atoms with Gasteiger partial charge >= 0.3 is 0 Å². The van der Waals surface area contributed by atoms with Crippen LogP contribution in [0.1, 0.15) is 0 Å². The quantitative estimate of drug-likeness (QED) is 0.554. The van der Waals surface area contributed by atoms with Crippen LogP contribution in [0.25, 0.3) is 0 Å². The van der Waals surface area contributed by atoms with Gasteiger partial charge in [-0.1, -0.05) is 87.9 Å². The second-order valence-corrected chi connectivity index (χ2v) is 41.8. The molecule has 2 aliphatic carbocycles. The van der Waals surface area contributed by atoms with Gasteiger partial charge in [0.1, 0.15) is 0 Å². The summed E-state index contributed by atoms with van der Waals surface area (Å²) in [4.78, 5) is 0. The average Bonchev–Trinajstić information content (AvgIpc) is 3.07. The van der Waals surface area contributed by atoms with Gasteiger partial charge in [0.2, 0.25) is 0 Å². The van der Waals surface area contributed by atoms with E-state index in [1.54, 1.807) is 0 Å². The Morgan fingerprint density at radius 2 is 0.909 bits per heavy atom. The van der Waals surface area contributed by atoms with Crippen LogP contribution in [-0.4, -0.2) is 31.6 Å². The predicted octanol–water partition coefficient (Wildman–Crippen LogP) is 3.73. The zero-order chi connectivity index (χ0) is 15.6. The molecule has 0 bridgehead atoms. The molecule has 0 unspecified atom stereocenters. The Morgan fingerprint density at radius 3 is 1.14 bits per heavy atom. The largest absolute Gasteiger partial charge is 0.0773 e. The summed E-state index contributed by atoms with van der Waals surface area (Å²) in [6.07, 6.45) is 19.0. The maximum absolute atomic E-state index is 2.68. The molecule has 0 nitrogen and oxygen atoms in total. The molecule has 119 valence electrons. The van der Waals surface area contributed by atoms with E-state index in [9.17, 15) is 0 Å². The van der Waals surface area contributed by atoms with E-state index in [4.69, 9.17) is 0 Å². The van der Waals surface area contributed by atoms with Crippen LogP contribution in [0.3, 0.4) is 0 Å². The molecule has 0 N–H and O–H groups in total. The fraction of sp³-hybridized carbons (Fsp3) is 0.471. The van der Waals surface area contributed by atoms with Crippen molar-refractivity contribution in [2.75, 3.05) is 0 Å². The van der Waals surface area contributed by atoms with Crippen LogP contribution in [0, 0.1) is 17.4 Å². The van der Waals surface area contributed by atoms with Gasteiger partial charge in [0.25, 0.3) is 0 Å².